The van der Waals surface area contributed by atoms with E-state index in [9.17, 15) is 18.0 Å². The van der Waals surface area contributed by atoms with Crippen LogP contribution in [0, 0.1) is 0 Å². The third kappa shape index (κ3) is 6.74. The Hall–Kier alpha value is -2.69. The van der Waals surface area contributed by atoms with Crippen LogP contribution >= 0.6 is 23.2 Å². The molecule has 0 aromatic heterocycles. The van der Waals surface area contributed by atoms with Gasteiger partial charge >= 0.3 is 0 Å². The molecule has 0 unspecified atom stereocenters. The van der Waals surface area contributed by atoms with E-state index in [1.807, 2.05) is 0 Å². The number of nitrogens with zero attached hydrogens (tertiary/aromatic N) is 2. The van der Waals surface area contributed by atoms with Gasteiger partial charge in [-0.2, -0.15) is 0 Å². The van der Waals surface area contributed by atoms with Crippen molar-refractivity contribution < 1.29 is 27.5 Å². The van der Waals surface area contributed by atoms with Gasteiger partial charge in [0.05, 0.1) is 11.9 Å². The highest BCUT2D eigenvalue weighted by atomic mass is 35.5. The fourth-order valence-corrected chi connectivity index (χ4v) is 5.28. The highest BCUT2D eigenvalue weighted by Gasteiger charge is 2.28. The lowest BCUT2D eigenvalue weighted by Gasteiger charge is -2.30. The van der Waals surface area contributed by atoms with Crippen molar-refractivity contribution in [1.29, 1.82) is 0 Å². The molecular weight excluding hydrogens is 529 g/mol. The number of sulfonamides is 1. The number of halogens is 2. The summed E-state index contributed by atoms with van der Waals surface area (Å²) in [4.78, 5) is 27.3. The van der Waals surface area contributed by atoms with Crippen LogP contribution in [0.4, 0.5) is 5.69 Å². The molecule has 2 amide bonds. The summed E-state index contributed by atoms with van der Waals surface area (Å²) in [5, 5.41) is 3.49. The smallest absolute Gasteiger partial charge is 0.242 e. The molecule has 0 bridgehead atoms. The summed E-state index contributed by atoms with van der Waals surface area (Å²) in [7, 11) is -3.64. The van der Waals surface area contributed by atoms with Crippen molar-refractivity contribution in [2.24, 2.45) is 0 Å². The van der Waals surface area contributed by atoms with Gasteiger partial charge in [0.1, 0.15) is 6.04 Å². The van der Waals surface area contributed by atoms with Gasteiger partial charge in [-0.3, -0.25) is 13.9 Å². The van der Waals surface area contributed by atoms with Gasteiger partial charge in [-0.25, -0.2) is 8.42 Å². The van der Waals surface area contributed by atoms with Crippen molar-refractivity contribution >= 4 is 50.7 Å². The predicted octanol–water partition coefficient (Wildman–Crippen LogP) is 3.82. The van der Waals surface area contributed by atoms with Crippen LogP contribution in [0.3, 0.4) is 0 Å². The van der Waals surface area contributed by atoms with Gasteiger partial charge < -0.3 is 19.7 Å². The minimum Gasteiger partial charge on any atom is -0.454 e. The molecule has 0 saturated carbocycles. The van der Waals surface area contributed by atoms with E-state index in [1.165, 1.54) is 9.21 Å². The molecular formula is C24H29Cl2N3O6S. The molecule has 0 aliphatic carbocycles. The summed E-state index contributed by atoms with van der Waals surface area (Å²) in [6, 6.07) is 9.10. The Morgan fingerprint density at radius 2 is 1.78 bits per heavy atom. The zero-order valence-corrected chi connectivity index (χ0v) is 22.6. The third-order valence-electron chi connectivity index (χ3n) is 5.70. The molecule has 1 N–H and O–H groups in total. The maximum Gasteiger partial charge on any atom is 0.242 e. The highest BCUT2D eigenvalue weighted by molar-refractivity contribution is 7.92. The largest absolute Gasteiger partial charge is 0.454 e. The second-order valence-electron chi connectivity index (χ2n) is 8.27. The lowest BCUT2D eigenvalue weighted by molar-refractivity contribution is -0.140. The predicted molar refractivity (Wildman–Crippen MR) is 139 cm³/mol. The quantitative estimate of drug-likeness (QED) is 0.450. The number of fused-ring (bicyclic) bond motifs is 1. The normalized spacial score (nSPS) is 13.2. The Bertz CT molecular complexity index is 1200. The van der Waals surface area contributed by atoms with E-state index in [1.54, 1.807) is 50.2 Å². The van der Waals surface area contributed by atoms with Crippen molar-refractivity contribution in [2.75, 3.05) is 30.4 Å². The van der Waals surface area contributed by atoms with E-state index in [0.717, 1.165) is 6.26 Å². The number of hydrogen-bond acceptors (Lipinski definition) is 6. The molecule has 196 valence electrons. The first-order chi connectivity index (χ1) is 17.0. The van der Waals surface area contributed by atoms with Gasteiger partial charge in [0.25, 0.3) is 0 Å². The van der Waals surface area contributed by atoms with E-state index in [2.05, 4.69) is 5.32 Å². The molecule has 0 spiro atoms. The van der Waals surface area contributed by atoms with Crippen LogP contribution in [0.5, 0.6) is 11.5 Å². The lowest BCUT2D eigenvalue weighted by Crippen LogP contribution is -2.47. The number of hydrogen-bond donors (Lipinski definition) is 1. The van der Waals surface area contributed by atoms with Gasteiger partial charge in [0.2, 0.25) is 28.6 Å². The maximum absolute atomic E-state index is 13.3. The molecule has 3 rings (SSSR count). The third-order valence-corrected chi connectivity index (χ3v) is 7.61. The van der Waals surface area contributed by atoms with Crippen molar-refractivity contribution in [1.82, 2.24) is 10.2 Å². The topological polar surface area (TPSA) is 105 Å². The summed E-state index contributed by atoms with van der Waals surface area (Å²) in [6.07, 6.45) is 1.32. The minimum absolute atomic E-state index is 0.00237. The number of carbonyl (C=O) groups is 2. The number of amides is 2. The molecule has 36 heavy (non-hydrogen) atoms. The van der Waals surface area contributed by atoms with Crippen LogP contribution in [-0.2, 0) is 26.2 Å². The number of rotatable bonds is 11. The first-order valence-electron chi connectivity index (χ1n) is 11.4. The standard InChI is InChI=1S/C24H29Cl2N3O6S/c1-4-27-24(31)16(2)28(14-18-19(25)7-5-8-20(18)26)23(30)9-6-12-29(36(3,32)33)17-10-11-21-22(13-17)35-15-34-21/h5,7-8,10-11,13,16H,4,6,9,12,14-15H2,1-3H3,(H,27,31)/t16-/m0/s1. The van der Waals surface area contributed by atoms with Crippen molar-refractivity contribution in [2.45, 2.75) is 39.3 Å². The summed E-state index contributed by atoms with van der Waals surface area (Å²) >= 11 is 12.6. The summed E-state index contributed by atoms with van der Waals surface area (Å²) in [6.45, 7) is 3.99. The molecule has 9 nitrogen and oxygen atoms in total. The number of ether oxygens (including phenoxy) is 2. The molecule has 1 atom stereocenters. The van der Waals surface area contributed by atoms with E-state index >= 15 is 0 Å². The van der Waals surface area contributed by atoms with Gasteiger partial charge in [0, 0.05) is 47.7 Å². The Labute approximate surface area is 221 Å². The fourth-order valence-electron chi connectivity index (χ4n) is 3.80. The first-order valence-corrected chi connectivity index (χ1v) is 14.0. The van der Waals surface area contributed by atoms with Crippen molar-refractivity contribution in [3.8, 4) is 11.5 Å². The minimum atomic E-state index is -3.64. The molecule has 1 heterocycles. The van der Waals surface area contributed by atoms with E-state index in [0.29, 0.717) is 39.3 Å². The molecule has 2 aromatic carbocycles. The average Bonchev–Trinajstić information content (AvgIpc) is 3.28. The van der Waals surface area contributed by atoms with Crippen molar-refractivity contribution in [3.63, 3.8) is 0 Å². The van der Waals surface area contributed by atoms with Crippen LogP contribution in [0.2, 0.25) is 10.0 Å². The number of likely N-dealkylation sites (N-methyl/N-ethyl adjacent to an activating group) is 1. The Balaban J connectivity index is 1.76. The Morgan fingerprint density at radius 1 is 1.11 bits per heavy atom. The molecule has 0 radical (unpaired) electrons. The molecule has 1 aliphatic heterocycles. The van der Waals surface area contributed by atoms with E-state index in [4.69, 9.17) is 32.7 Å². The Morgan fingerprint density at radius 3 is 2.42 bits per heavy atom. The van der Waals surface area contributed by atoms with Crippen LogP contribution in [-0.4, -0.2) is 57.3 Å². The van der Waals surface area contributed by atoms with Gasteiger partial charge in [-0.15, -0.1) is 0 Å². The highest BCUT2D eigenvalue weighted by Crippen LogP contribution is 2.36. The zero-order chi connectivity index (χ0) is 26.5. The van der Waals surface area contributed by atoms with Crippen LogP contribution in [0.15, 0.2) is 36.4 Å². The van der Waals surface area contributed by atoms with Crippen LogP contribution in [0.1, 0.15) is 32.3 Å². The second kappa shape index (κ2) is 12.0. The summed E-state index contributed by atoms with van der Waals surface area (Å²) in [5.74, 6) is 0.349. The fraction of sp³-hybridized carbons (Fsp3) is 0.417. The molecule has 1 aliphatic rings. The van der Waals surface area contributed by atoms with Gasteiger partial charge in [0.15, 0.2) is 11.5 Å². The number of anilines is 1. The second-order valence-corrected chi connectivity index (χ2v) is 11.0. The van der Waals surface area contributed by atoms with E-state index in [-0.39, 0.29) is 44.5 Å². The monoisotopic (exact) mass is 557 g/mol. The number of benzene rings is 2. The number of nitrogens with one attached hydrogen (secondary N) is 1. The first kappa shape index (κ1) is 27.9. The van der Waals surface area contributed by atoms with Crippen LogP contribution in [0.25, 0.3) is 0 Å². The number of carbonyl (C=O) groups excluding carboxylic acids is 2. The summed E-state index contributed by atoms with van der Waals surface area (Å²) < 4.78 is 36.9. The molecule has 0 saturated heterocycles. The van der Waals surface area contributed by atoms with Gasteiger partial charge in [-0.1, -0.05) is 29.3 Å². The molecule has 12 heteroatoms. The van der Waals surface area contributed by atoms with Crippen molar-refractivity contribution in [3.05, 3.63) is 52.0 Å². The van der Waals surface area contributed by atoms with Crippen LogP contribution < -0.4 is 19.1 Å². The zero-order valence-electron chi connectivity index (χ0n) is 20.3. The van der Waals surface area contributed by atoms with E-state index < -0.39 is 16.1 Å². The summed E-state index contributed by atoms with van der Waals surface area (Å²) in [5.41, 5.74) is 0.938. The lowest BCUT2D eigenvalue weighted by atomic mass is 10.1. The maximum atomic E-state index is 13.3. The Kier molecular flexibility index (Phi) is 9.32. The average molecular weight is 558 g/mol. The SMILES string of the molecule is CCNC(=O)[C@H](C)N(Cc1c(Cl)cccc1Cl)C(=O)CCCN(c1ccc2c(c1)OCO2)S(C)(=O)=O. The molecule has 0 fully saturated rings. The molecule has 2 aromatic rings. The van der Waals surface area contributed by atoms with Gasteiger partial charge in [-0.05, 0) is 44.5 Å².